The van der Waals surface area contributed by atoms with E-state index in [1.807, 2.05) is 63.2 Å². The molecular weight excluding hydrogens is 597 g/mol. The Kier molecular flexibility index (Phi) is 8.31. The fourth-order valence-electron chi connectivity index (χ4n) is 6.05. The third kappa shape index (κ3) is 6.83. The molecule has 4 aromatic rings. The van der Waals surface area contributed by atoms with E-state index in [9.17, 15) is 18.8 Å². The maximum absolute atomic E-state index is 14.3. The maximum atomic E-state index is 14.3. The summed E-state index contributed by atoms with van der Waals surface area (Å²) < 4.78 is 25.5. The number of benzene rings is 3. The van der Waals surface area contributed by atoms with Crippen LogP contribution in [0.2, 0.25) is 5.02 Å². The van der Waals surface area contributed by atoms with E-state index in [4.69, 9.17) is 20.8 Å². The molecule has 2 aliphatic rings. The van der Waals surface area contributed by atoms with Gasteiger partial charge in [0.15, 0.2) is 0 Å². The van der Waals surface area contributed by atoms with Crippen LogP contribution in [0, 0.1) is 11.7 Å². The first-order valence-corrected chi connectivity index (χ1v) is 15.4. The highest BCUT2D eigenvalue weighted by Gasteiger charge is 2.55. The zero-order valence-electron chi connectivity index (χ0n) is 25.4. The Morgan fingerprint density at radius 3 is 2.53 bits per heavy atom. The van der Waals surface area contributed by atoms with Crippen LogP contribution in [0.25, 0.3) is 22.1 Å². The monoisotopic (exact) mass is 631 g/mol. The van der Waals surface area contributed by atoms with Crippen LogP contribution >= 0.6 is 11.6 Å². The average molecular weight is 632 g/mol. The topological polar surface area (TPSA) is 101 Å². The van der Waals surface area contributed by atoms with Gasteiger partial charge in [-0.2, -0.15) is 0 Å². The number of amides is 3. The van der Waals surface area contributed by atoms with Crippen LogP contribution in [0.5, 0.6) is 0 Å². The summed E-state index contributed by atoms with van der Waals surface area (Å²) in [4.78, 5) is 40.7. The Balaban J connectivity index is 1.15. The number of piperidine rings is 1. The van der Waals surface area contributed by atoms with E-state index < -0.39 is 23.6 Å². The average Bonchev–Trinajstić information content (AvgIpc) is 3.39. The largest absolute Gasteiger partial charge is 0.464 e. The van der Waals surface area contributed by atoms with Gasteiger partial charge in [-0.3, -0.25) is 9.59 Å². The molecule has 10 heteroatoms. The van der Waals surface area contributed by atoms with Crippen molar-refractivity contribution in [3.63, 3.8) is 0 Å². The van der Waals surface area contributed by atoms with Gasteiger partial charge in [0.1, 0.15) is 23.0 Å². The first-order chi connectivity index (χ1) is 21.5. The summed E-state index contributed by atoms with van der Waals surface area (Å²) in [6.45, 7) is 5.76. The van der Waals surface area contributed by atoms with Crippen molar-refractivity contribution in [1.29, 1.82) is 0 Å². The molecule has 45 heavy (non-hydrogen) atoms. The van der Waals surface area contributed by atoms with Crippen LogP contribution in [0.3, 0.4) is 0 Å². The normalized spacial score (nSPS) is 18.9. The lowest BCUT2D eigenvalue weighted by Gasteiger charge is -2.27. The van der Waals surface area contributed by atoms with Crippen LogP contribution in [-0.2, 0) is 33.8 Å². The van der Waals surface area contributed by atoms with E-state index in [0.29, 0.717) is 30.0 Å². The molecule has 234 valence electrons. The second-order valence-electron chi connectivity index (χ2n) is 12.8. The minimum atomic E-state index is -0.595. The van der Waals surface area contributed by atoms with E-state index in [0.717, 1.165) is 34.1 Å². The number of alkyl carbamates (subject to hydrolysis) is 1. The summed E-state index contributed by atoms with van der Waals surface area (Å²) in [5, 5.41) is 6.44. The zero-order chi connectivity index (χ0) is 31.9. The lowest BCUT2D eigenvalue weighted by atomic mass is 9.97. The van der Waals surface area contributed by atoms with E-state index >= 15 is 0 Å². The molecule has 0 bridgehead atoms. The molecule has 2 heterocycles. The summed E-state index contributed by atoms with van der Waals surface area (Å²) in [5.41, 5.74) is 3.89. The van der Waals surface area contributed by atoms with Crippen LogP contribution < -0.4 is 10.6 Å². The highest BCUT2D eigenvalue weighted by Crippen LogP contribution is 2.48. The van der Waals surface area contributed by atoms with Crippen molar-refractivity contribution >= 4 is 40.5 Å². The van der Waals surface area contributed by atoms with Crippen LogP contribution in [0.4, 0.5) is 9.18 Å². The summed E-state index contributed by atoms with van der Waals surface area (Å²) in [6, 6.07) is 17.6. The molecule has 1 aliphatic carbocycles. The number of ether oxygens (including phenoxy) is 1. The Bertz CT molecular complexity index is 1760. The molecule has 1 aromatic heterocycles. The third-order valence-corrected chi connectivity index (χ3v) is 8.54. The molecule has 2 fully saturated rings. The molecule has 1 saturated heterocycles. The SMILES string of the molecule is CC(C)(C)OC(=O)NCc1ccc(-c2cc(CC(=O)N3[C@@H]4CC4C[C@H]3C(=O)NCc3cccc(Cl)c3F)cc3ccoc23)cc1. The molecular formula is C35H35ClFN3O5. The van der Waals surface area contributed by atoms with Crippen molar-refractivity contribution < 1.29 is 27.9 Å². The quantitative estimate of drug-likeness (QED) is 0.224. The summed E-state index contributed by atoms with van der Waals surface area (Å²) in [7, 11) is 0. The summed E-state index contributed by atoms with van der Waals surface area (Å²) in [5.74, 6) is -0.657. The highest BCUT2D eigenvalue weighted by atomic mass is 35.5. The number of hydrogen-bond donors (Lipinski definition) is 2. The molecule has 1 unspecified atom stereocenters. The van der Waals surface area contributed by atoms with Crippen LogP contribution in [-0.4, -0.2) is 40.5 Å². The summed E-state index contributed by atoms with van der Waals surface area (Å²) >= 11 is 5.89. The van der Waals surface area contributed by atoms with Gasteiger partial charge < -0.3 is 24.7 Å². The van der Waals surface area contributed by atoms with Crippen molar-refractivity contribution in [2.24, 2.45) is 5.92 Å². The molecule has 2 N–H and O–H groups in total. The van der Waals surface area contributed by atoms with Gasteiger partial charge in [-0.1, -0.05) is 48.0 Å². The van der Waals surface area contributed by atoms with Gasteiger partial charge >= 0.3 is 6.09 Å². The van der Waals surface area contributed by atoms with Crippen molar-refractivity contribution in [2.45, 2.75) is 70.8 Å². The van der Waals surface area contributed by atoms with Crippen molar-refractivity contribution in [3.05, 3.63) is 94.5 Å². The third-order valence-electron chi connectivity index (χ3n) is 8.25. The number of likely N-dealkylation sites (tertiary alicyclic amines) is 1. The standard InChI is InChI=1S/C35H35ClFN3O5/c1-35(2,3)45-34(43)39-18-20-7-9-22(10-8-20)26-14-21(13-23-11-12-44-32(23)26)15-30(41)40-28-16-25(28)17-29(40)33(42)38-19-24-5-4-6-27(36)31(24)37/h4-14,25,28-29H,15-19H2,1-3H3,(H,38,42)(H,39,43)/t25?,28-,29+/m1/s1. The first kappa shape index (κ1) is 30.6. The number of nitrogens with one attached hydrogen (secondary N) is 2. The number of rotatable bonds is 8. The van der Waals surface area contributed by atoms with E-state index in [-0.39, 0.29) is 35.8 Å². The molecule has 6 rings (SSSR count). The minimum Gasteiger partial charge on any atom is -0.464 e. The van der Waals surface area contributed by atoms with Crippen LogP contribution in [0.1, 0.15) is 50.3 Å². The van der Waals surface area contributed by atoms with Gasteiger partial charge in [0.2, 0.25) is 11.8 Å². The van der Waals surface area contributed by atoms with Gasteiger partial charge in [-0.05, 0) is 80.5 Å². The fraction of sp³-hybridized carbons (Fsp3) is 0.343. The minimum absolute atomic E-state index is 0.000715. The van der Waals surface area contributed by atoms with Gasteiger partial charge in [0.25, 0.3) is 0 Å². The molecule has 3 aromatic carbocycles. The number of carbonyl (C=O) groups is 3. The van der Waals surface area contributed by atoms with E-state index in [1.54, 1.807) is 23.3 Å². The van der Waals surface area contributed by atoms with Gasteiger partial charge in [-0.15, -0.1) is 0 Å². The lowest BCUT2D eigenvalue weighted by molar-refractivity contribution is -0.139. The Hall–Kier alpha value is -4.37. The van der Waals surface area contributed by atoms with Crippen LogP contribution in [0.15, 0.2) is 71.3 Å². The Morgan fingerprint density at radius 2 is 1.78 bits per heavy atom. The predicted molar refractivity (Wildman–Crippen MR) is 169 cm³/mol. The van der Waals surface area contributed by atoms with Crippen molar-refractivity contribution in [1.82, 2.24) is 15.5 Å². The first-order valence-electron chi connectivity index (χ1n) is 15.0. The number of furan rings is 1. The highest BCUT2D eigenvalue weighted by molar-refractivity contribution is 6.30. The number of halogens is 2. The number of hydrogen-bond acceptors (Lipinski definition) is 5. The van der Waals surface area contributed by atoms with Gasteiger partial charge in [-0.25, -0.2) is 9.18 Å². The smallest absolute Gasteiger partial charge is 0.407 e. The molecule has 3 atom stereocenters. The summed E-state index contributed by atoms with van der Waals surface area (Å²) in [6.07, 6.45) is 2.76. The second kappa shape index (κ2) is 12.2. The maximum Gasteiger partial charge on any atom is 0.407 e. The molecule has 0 spiro atoms. The number of carbonyl (C=O) groups excluding carboxylic acids is 3. The zero-order valence-corrected chi connectivity index (χ0v) is 26.1. The van der Waals surface area contributed by atoms with E-state index in [2.05, 4.69) is 10.6 Å². The molecule has 8 nitrogen and oxygen atoms in total. The number of fused-ring (bicyclic) bond motifs is 2. The Morgan fingerprint density at radius 1 is 1.00 bits per heavy atom. The Labute approximate surface area is 265 Å². The molecule has 1 saturated carbocycles. The van der Waals surface area contributed by atoms with Crippen molar-refractivity contribution in [2.75, 3.05) is 0 Å². The molecule has 0 radical (unpaired) electrons. The number of nitrogens with zero attached hydrogens (tertiary/aromatic N) is 1. The second-order valence-corrected chi connectivity index (χ2v) is 13.2. The van der Waals surface area contributed by atoms with Gasteiger partial charge in [0.05, 0.1) is 17.7 Å². The van der Waals surface area contributed by atoms with Crippen molar-refractivity contribution in [3.8, 4) is 11.1 Å². The van der Waals surface area contributed by atoms with E-state index in [1.165, 1.54) is 6.07 Å². The fourth-order valence-corrected chi connectivity index (χ4v) is 6.25. The molecule has 3 amide bonds. The lowest BCUT2D eigenvalue weighted by Crippen LogP contribution is -2.48. The van der Waals surface area contributed by atoms with Gasteiger partial charge in [0, 0.05) is 35.6 Å². The predicted octanol–water partition coefficient (Wildman–Crippen LogP) is 6.77. The molecule has 1 aliphatic heterocycles.